The lowest BCUT2D eigenvalue weighted by molar-refractivity contribution is -0.135. The second-order valence-corrected chi connectivity index (χ2v) is 10.6. The van der Waals surface area contributed by atoms with Crippen LogP contribution in [0.3, 0.4) is 0 Å². The minimum Gasteiger partial charge on any atom is -0.497 e. The molecule has 2 heterocycles. The Morgan fingerprint density at radius 2 is 1.94 bits per heavy atom. The Balaban J connectivity index is 1.35. The number of amides is 2. The number of hydrogen-bond acceptors (Lipinski definition) is 5. The van der Waals surface area contributed by atoms with Crippen molar-refractivity contribution < 1.29 is 19.1 Å². The molecule has 2 aliphatic rings. The second kappa shape index (κ2) is 10.7. The molecule has 0 spiro atoms. The molecule has 0 bridgehead atoms. The van der Waals surface area contributed by atoms with Gasteiger partial charge in [-0.05, 0) is 78.9 Å². The van der Waals surface area contributed by atoms with E-state index in [4.69, 9.17) is 9.47 Å². The van der Waals surface area contributed by atoms with Gasteiger partial charge in [-0.25, -0.2) is 0 Å². The Hall–Kier alpha value is -3.32. The molecule has 0 saturated heterocycles. The summed E-state index contributed by atoms with van der Waals surface area (Å²) in [6, 6.07) is 17.0. The van der Waals surface area contributed by atoms with E-state index in [1.54, 1.807) is 35.5 Å². The Labute approximate surface area is 216 Å². The fraction of sp³-hybridized carbons (Fsp3) is 0.379. The molecular formula is C29H32N2O4S. The molecule has 1 fully saturated rings. The zero-order valence-corrected chi connectivity index (χ0v) is 21.6. The van der Waals surface area contributed by atoms with Gasteiger partial charge in [0.1, 0.15) is 24.7 Å². The van der Waals surface area contributed by atoms with Crippen molar-refractivity contribution in [3.8, 4) is 11.5 Å². The average molecular weight is 505 g/mol. The molecule has 3 aromatic rings. The maximum absolute atomic E-state index is 13.7. The van der Waals surface area contributed by atoms with E-state index in [0.29, 0.717) is 36.9 Å². The predicted octanol–water partition coefficient (Wildman–Crippen LogP) is 5.12. The topological polar surface area (TPSA) is 59.1 Å². The minimum absolute atomic E-state index is 0.0397. The fourth-order valence-corrected chi connectivity index (χ4v) is 5.71. The first-order valence-electron chi connectivity index (χ1n) is 12.5. The monoisotopic (exact) mass is 504 g/mol. The highest BCUT2D eigenvalue weighted by Gasteiger charge is 2.35. The van der Waals surface area contributed by atoms with Gasteiger partial charge in [-0.15, -0.1) is 11.3 Å². The molecule has 2 amide bonds. The molecule has 6 nitrogen and oxygen atoms in total. The van der Waals surface area contributed by atoms with Gasteiger partial charge in [0.15, 0.2) is 0 Å². The lowest BCUT2D eigenvalue weighted by Crippen LogP contribution is -2.48. The van der Waals surface area contributed by atoms with Crippen LogP contribution in [0.5, 0.6) is 11.5 Å². The van der Waals surface area contributed by atoms with E-state index in [1.165, 1.54) is 4.88 Å². The molecular weight excluding hydrogens is 472 g/mol. The van der Waals surface area contributed by atoms with Crippen LogP contribution in [-0.4, -0.2) is 55.0 Å². The van der Waals surface area contributed by atoms with Crippen molar-refractivity contribution in [3.05, 3.63) is 81.5 Å². The van der Waals surface area contributed by atoms with Crippen molar-refractivity contribution >= 4 is 23.2 Å². The maximum Gasteiger partial charge on any atom is 0.254 e. The van der Waals surface area contributed by atoms with Crippen molar-refractivity contribution in [1.29, 1.82) is 0 Å². The van der Waals surface area contributed by atoms with Gasteiger partial charge in [0.05, 0.1) is 13.2 Å². The molecule has 5 rings (SSSR count). The largest absolute Gasteiger partial charge is 0.497 e. The van der Waals surface area contributed by atoms with Gasteiger partial charge in [0.2, 0.25) is 5.91 Å². The van der Waals surface area contributed by atoms with Crippen LogP contribution in [0.25, 0.3) is 0 Å². The minimum atomic E-state index is -0.179. The molecule has 1 aliphatic carbocycles. The molecule has 1 saturated carbocycles. The van der Waals surface area contributed by atoms with Gasteiger partial charge in [-0.3, -0.25) is 9.59 Å². The van der Waals surface area contributed by atoms with Crippen LogP contribution in [0.15, 0.2) is 60.0 Å². The number of benzene rings is 2. The van der Waals surface area contributed by atoms with E-state index < -0.39 is 0 Å². The normalized spacial score (nSPS) is 16.8. The molecule has 2 aromatic carbocycles. The summed E-state index contributed by atoms with van der Waals surface area (Å²) in [4.78, 5) is 32.1. The number of rotatable bonds is 9. The number of thiophene rings is 1. The molecule has 1 aromatic heterocycles. The Morgan fingerprint density at radius 3 is 2.72 bits per heavy atom. The summed E-state index contributed by atoms with van der Waals surface area (Å²) in [5.41, 5.74) is 2.76. The summed E-state index contributed by atoms with van der Waals surface area (Å²) in [5.74, 6) is 1.76. The van der Waals surface area contributed by atoms with Crippen LogP contribution in [0.4, 0.5) is 0 Å². The van der Waals surface area contributed by atoms with Crippen LogP contribution in [0.2, 0.25) is 0 Å². The van der Waals surface area contributed by atoms with Crippen molar-refractivity contribution in [2.75, 3.05) is 33.4 Å². The van der Waals surface area contributed by atoms with Gasteiger partial charge in [0.25, 0.3) is 5.91 Å². The number of carbonyl (C=O) groups excluding carboxylic acids is 2. The number of carbonyl (C=O) groups is 2. The van der Waals surface area contributed by atoms with E-state index >= 15 is 0 Å². The fourth-order valence-electron chi connectivity index (χ4n) is 4.79. The summed E-state index contributed by atoms with van der Waals surface area (Å²) < 4.78 is 11.5. The maximum atomic E-state index is 13.7. The highest BCUT2D eigenvalue weighted by atomic mass is 32.1. The zero-order valence-electron chi connectivity index (χ0n) is 20.8. The number of nitrogens with zero attached hydrogens (tertiary/aromatic N) is 2. The smallest absolute Gasteiger partial charge is 0.254 e. The summed E-state index contributed by atoms with van der Waals surface area (Å²) in [6.45, 7) is 3.69. The van der Waals surface area contributed by atoms with E-state index in [9.17, 15) is 9.59 Å². The van der Waals surface area contributed by atoms with Crippen molar-refractivity contribution in [3.63, 3.8) is 0 Å². The van der Waals surface area contributed by atoms with E-state index in [2.05, 4.69) is 11.4 Å². The summed E-state index contributed by atoms with van der Waals surface area (Å²) in [7, 11) is 1.59. The summed E-state index contributed by atoms with van der Waals surface area (Å²) in [5, 5.41) is 2.09. The number of fused-ring (bicyclic) bond motifs is 1. The van der Waals surface area contributed by atoms with Crippen LogP contribution in [0.1, 0.15) is 45.2 Å². The van der Waals surface area contributed by atoms with Gasteiger partial charge in [0, 0.05) is 23.5 Å². The molecule has 1 aliphatic heterocycles. The summed E-state index contributed by atoms with van der Waals surface area (Å²) in [6.07, 6.45) is 3.03. The number of ether oxygens (including phenoxy) is 2. The summed E-state index contributed by atoms with van der Waals surface area (Å²) >= 11 is 1.73. The highest BCUT2D eigenvalue weighted by Crippen LogP contribution is 2.35. The molecule has 0 radical (unpaired) electrons. The van der Waals surface area contributed by atoms with Crippen LogP contribution >= 0.6 is 11.3 Å². The molecule has 0 unspecified atom stereocenters. The molecule has 188 valence electrons. The molecule has 1 atom stereocenters. The van der Waals surface area contributed by atoms with E-state index in [1.807, 2.05) is 48.2 Å². The predicted molar refractivity (Wildman–Crippen MR) is 141 cm³/mol. The third-order valence-electron chi connectivity index (χ3n) is 7.01. The second-order valence-electron chi connectivity index (χ2n) is 9.59. The van der Waals surface area contributed by atoms with Crippen molar-refractivity contribution in [2.24, 2.45) is 5.92 Å². The van der Waals surface area contributed by atoms with Gasteiger partial charge in [-0.1, -0.05) is 24.3 Å². The first kappa shape index (κ1) is 24.4. The zero-order chi connectivity index (χ0) is 25.1. The van der Waals surface area contributed by atoms with Gasteiger partial charge >= 0.3 is 0 Å². The molecule has 36 heavy (non-hydrogen) atoms. The number of hydrogen-bond donors (Lipinski definition) is 0. The van der Waals surface area contributed by atoms with Crippen molar-refractivity contribution in [2.45, 2.75) is 32.2 Å². The number of aryl methyl sites for hydroxylation is 1. The first-order valence-corrected chi connectivity index (χ1v) is 13.4. The van der Waals surface area contributed by atoms with Gasteiger partial charge in [-0.2, -0.15) is 0 Å². The Kier molecular flexibility index (Phi) is 7.28. The van der Waals surface area contributed by atoms with Crippen LogP contribution in [0, 0.1) is 12.8 Å². The van der Waals surface area contributed by atoms with E-state index in [0.717, 1.165) is 36.1 Å². The lowest BCUT2D eigenvalue weighted by atomic mass is 10.00. The number of methoxy groups -OCH3 is 1. The third kappa shape index (κ3) is 5.41. The van der Waals surface area contributed by atoms with E-state index in [-0.39, 0.29) is 24.4 Å². The van der Waals surface area contributed by atoms with Crippen LogP contribution in [-0.2, 0) is 11.2 Å². The molecule has 7 heteroatoms. The third-order valence-corrected chi connectivity index (χ3v) is 8.01. The quantitative estimate of drug-likeness (QED) is 0.406. The number of para-hydroxylation sites is 1. The Bertz CT molecular complexity index is 1240. The highest BCUT2D eigenvalue weighted by molar-refractivity contribution is 7.10. The Morgan fingerprint density at radius 1 is 1.11 bits per heavy atom. The standard InChI is InChI=1S/C29H32N2O4S/c1-20-6-3-4-9-26(20)35-19-25-24-13-15-36-27(24)12-14-31(25)28(32)18-30(17-21-10-11-21)29(33)22-7-5-8-23(16-22)34-2/h3-9,13,15-16,21,25H,10-12,14,17-19H2,1-2H3/t25-/m1/s1. The molecule has 0 N–H and O–H groups in total. The average Bonchev–Trinajstić information content (AvgIpc) is 3.59. The SMILES string of the molecule is COc1cccc(C(=O)N(CC(=O)N2CCc3sccc3[C@H]2COc2ccccc2C)CC2CC2)c1. The first-order chi connectivity index (χ1) is 17.5. The lowest BCUT2D eigenvalue weighted by Gasteiger charge is -2.37. The van der Waals surface area contributed by atoms with Crippen molar-refractivity contribution in [1.82, 2.24) is 9.80 Å². The van der Waals surface area contributed by atoms with Gasteiger partial charge < -0.3 is 19.3 Å². The van der Waals surface area contributed by atoms with Crippen LogP contribution < -0.4 is 9.47 Å².